The molecule has 1 aliphatic rings. The minimum absolute atomic E-state index is 0.0480. The van der Waals surface area contributed by atoms with Crippen LogP contribution < -0.4 is 9.64 Å². The van der Waals surface area contributed by atoms with Crippen LogP contribution in [-0.2, 0) is 0 Å². The second-order valence-corrected chi connectivity index (χ2v) is 6.17. The van der Waals surface area contributed by atoms with E-state index in [9.17, 15) is 9.59 Å². The number of hydrogen-bond acceptors (Lipinski definition) is 5. The van der Waals surface area contributed by atoms with Gasteiger partial charge in [0.15, 0.2) is 5.78 Å². The topological polar surface area (TPSA) is 62.7 Å². The fraction of sp³-hybridized carbons (Fsp3) is 0.350. The molecule has 1 aliphatic heterocycles. The van der Waals surface area contributed by atoms with Crippen molar-refractivity contribution in [3.63, 3.8) is 0 Å². The first-order chi connectivity index (χ1) is 12.6. The normalized spacial score (nSPS) is 14.2. The number of ketones is 1. The van der Waals surface area contributed by atoms with Gasteiger partial charge < -0.3 is 14.5 Å². The highest BCUT2D eigenvalue weighted by molar-refractivity contribution is 5.96. The zero-order valence-electron chi connectivity index (χ0n) is 15.1. The quantitative estimate of drug-likeness (QED) is 0.774. The van der Waals surface area contributed by atoms with Gasteiger partial charge in [-0.2, -0.15) is 0 Å². The van der Waals surface area contributed by atoms with Crippen LogP contribution in [0.5, 0.6) is 5.88 Å². The number of rotatable bonds is 5. The highest BCUT2D eigenvalue weighted by Crippen LogP contribution is 2.21. The molecule has 136 valence electrons. The van der Waals surface area contributed by atoms with Crippen LogP contribution in [0.15, 0.2) is 42.6 Å². The second-order valence-electron chi connectivity index (χ2n) is 6.17. The number of nitrogens with zero attached hydrogens (tertiary/aromatic N) is 3. The van der Waals surface area contributed by atoms with Gasteiger partial charge in [0.2, 0.25) is 5.88 Å². The van der Waals surface area contributed by atoms with Crippen molar-refractivity contribution in [2.75, 3.05) is 37.7 Å². The lowest BCUT2D eigenvalue weighted by Crippen LogP contribution is -2.48. The van der Waals surface area contributed by atoms with Crippen LogP contribution >= 0.6 is 0 Å². The predicted molar refractivity (Wildman–Crippen MR) is 100.0 cm³/mol. The molecule has 0 N–H and O–H groups in total. The van der Waals surface area contributed by atoms with Gasteiger partial charge >= 0.3 is 0 Å². The van der Waals surface area contributed by atoms with Gasteiger partial charge in [0.25, 0.3) is 5.91 Å². The number of piperazine rings is 1. The smallest absolute Gasteiger partial charge is 0.259 e. The van der Waals surface area contributed by atoms with Crippen molar-refractivity contribution >= 4 is 17.4 Å². The third-order valence-corrected chi connectivity index (χ3v) is 4.49. The van der Waals surface area contributed by atoms with E-state index in [0.717, 1.165) is 18.8 Å². The summed E-state index contributed by atoms with van der Waals surface area (Å²) in [6, 6.07) is 11.1. The number of carbonyl (C=O) groups excluding carboxylic acids is 2. The van der Waals surface area contributed by atoms with E-state index in [1.54, 1.807) is 25.3 Å². The fourth-order valence-electron chi connectivity index (χ4n) is 3.05. The molecule has 1 saturated heterocycles. The summed E-state index contributed by atoms with van der Waals surface area (Å²) >= 11 is 0. The average molecular weight is 353 g/mol. The van der Waals surface area contributed by atoms with Gasteiger partial charge in [-0.25, -0.2) is 4.98 Å². The molecule has 6 nitrogen and oxygen atoms in total. The molecule has 0 bridgehead atoms. The monoisotopic (exact) mass is 353 g/mol. The Labute approximate surface area is 153 Å². The highest BCUT2D eigenvalue weighted by atomic mass is 16.5. The number of aromatic nitrogens is 1. The molecule has 2 heterocycles. The molecule has 0 atom stereocenters. The van der Waals surface area contributed by atoms with Gasteiger partial charge in [-0.05, 0) is 50.2 Å². The minimum atomic E-state index is -0.0480. The first-order valence-electron chi connectivity index (χ1n) is 8.83. The van der Waals surface area contributed by atoms with Crippen molar-refractivity contribution in [1.82, 2.24) is 9.88 Å². The number of hydrogen-bond donors (Lipinski definition) is 0. The third kappa shape index (κ3) is 3.85. The van der Waals surface area contributed by atoms with Crippen LogP contribution in [0.4, 0.5) is 5.69 Å². The first kappa shape index (κ1) is 17.9. The maximum absolute atomic E-state index is 12.8. The minimum Gasteiger partial charge on any atom is -0.477 e. The molecule has 6 heteroatoms. The van der Waals surface area contributed by atoms with E-state index in [2.05, 4.69) is 9.88 Å². The van der Waals surface area contributed by atoms with Crippen molar-refractivity contribution < 1.29 is 14.3 Å². The van der Waals surface area contributed by atoms with Gasteiger partial charge in [0, 0.05) is 43.6 Å². The van der Waals surface area contributed by atoms with Crippen LogP contribution in [0.3, 0.4) is 0 Å². The Hall–Kier alpha value is -2.89. The molecule has 0 radical (unpaired) electrons. The van der Waals surface area contributed by atoms with E-state index in [0.29, 0.717) is 36.7 Å². The van der Waals surface area contributed by atoms with E-state index >= 15 is 0 Å². The molecule has 0 aliphatic carbocycles. The lowest BCUT2D eigenvalue weighted by molar-refractivity contribution is 0.0741. The molecular weight excluding hydrogens is 330 g/mol. The molecule has 1 aromatic carbocycles. The maximum atomic E-state index is 12.8. The number of Topliss-reactive ketones (excluding diaryl/α,β-unsaturated/α-hetero) is 1. The summed E-state index contributed by atoms with van der Waals surface area (Å²) in [6.45, 7) is 6.67. The summed E-state index contributed by atoms with van der Waals surface area (Å²) in [4.78, 5) is 32.4. The van der Waals surface area contributed by atoms with Gasteiger partial charge in [0.1, 0.15) is 5.56 Å². The number of pyridine rings is 1. The summed E-state index contributed by atoms with van der Waals surface area (Å²) in [5.41, 5.74) is 2.29. The number of benzene rings is 1. The van der Waals surface area contributed by atoms with Gasteiger partial charge in [0.05, 0.1) is 6.61 Å². The number of anilines is 1. The van der Waals surface area contributed by atoms with Gasteiger partial charge in [-0.1, -0.05) is 0 Å². The van der Waals surface area contributed by atoms with Crippen LogP contribution in [0, 0.1) is 0 Å². The lowest BCUT2D eigenvalue weighted by Gasteiger charge is -2.36. The Kier molecular flexibility index (Phi) is 5.51. The first-order valence-corrected chi connectivity index (χ1v) is 8.83. The van der Waals surface area contributed by atoms with Crippen LogP contribution in [0.25, 0.3) is 0 Å². The molecule has 2 aromatic rings. The molecule has 0 saturated carbocycles. The van der Waals surface area contributed by atoms with Crippen molar-refractivity contribution in [2.45, 2.75) is 13.8 Å². The van der Waals surface area contributed by atoms with E-state index in [1.165, 1.54) is 0 Å². The Morgan fingerprint density at radius 1 is 1.08 bits per heavy atom. The maximum Gasteiger partial charge on any atom is 0.259 e. The molecule has 0 spiro atoms. The Balaban J connectivity index is 1.65. The van der Waals surface area contributed by atoms with Crippen LogP contribution in [0.2, 0.25) is 0 Å². The summed E-state index contributed by atoms with van der Waals surface area (Å²) in [7, 11) is 0. The van der Waals surface area contributed by atoms with Crippen LogP contribution in [0.1, 0.15) is 34.6 Å². The van der Waals surface area contributed by atoms with E-state index in [-0.39, 0.29) is 11.7 Å². The lowest BCUT2D eigenvalue weighted by atomic mass is 10.1. The Morgan fingerprint density at radius 3 is 2.38 bits per heavy atom. The average Bonchev–Trinajstić information content (AvgIpc) is 2.68. The Morgan fingerprint density at radius 2 is 1.77 bits per heavy atom. The number of ether oxygens (including phenoxy) is 1. The summed E-state index contributed by atoms with van der Waals surface area (Å²) in [5.74, 6) is 0.406. The number of amides is 1. The SMILES string of the molecule is CCOc1ncccc1C(=O)N1CCN(c2ccc(C(C)=O)cc2)CC1. The third-order valence-electron chi connectivity index (χ3n) is 4.49. The molecule has 1 aromatic heterocycles. The molecular formula is C20H23N3O3. The van der Waals surface area contributed by atoms with Gasteiger partial charge in [-0.15, -0.1) is 0 Å². The largest absolute Gasteiger partial charge is 0.477 e. The fourth-order valence-corrected chi connectivity index (χ4v) is 3.05. The van der Waals surface area contributed by atoms with Crippen molar-refractivity contribution in [2.24, 2.45) is 0 Å². The van der Waals surface area contributed by atoms with E-state index in [1.807, 2.05) is 36.1 Å². The zero-order chi connectivity index (χ0) is 18.5. The summed E-state index contributed by atoms with van der Waals surface area (Å²) in [5, 5.41) is 0. The highest BCUT2D eigenvalue weighted by Gasteiger charge is 2.25. The van der Waals surface area contributed by atoms with Crippen molar-refractivity contribution in [3.05, 3.63) is 53.7 Å². The molecule has 1 amide bonds. The number of carbonyl (C=O) groups is 2. The van der Waals surface area contributed by atoms with Crippen molar-refractivity contribution in [3.8, 4) is 5.88 Å². The molecule has 26 heavy (non-hydrogen) atoms. The predicted octanol–water partition coefficient (Wildman–Crippen LogP) is 2.65. The molecule has 0 unspecified atom stereocenters. The summed E-state index contributed by atoms with van der Waals surface area (Å²) < 4.78 is 5.47. The second kappa shape index (κ2) is 7.99. The zero-order valence-corrected chi connectivity index (χ0v) is 15.1. The van der Waals surface area contributed by atoms with Crippen molar-refractivity contribution in [1.29, 1.82) is 0 Å². The van der Waals surface area contributed by atoms with E-state index in [4.69, 9.17) is 4.74 Å². The molecule has 1 fully saturated rings. The molecule has 3 rings (SSSR count). The Bertz CT molecular complexity index is 781. The standard InChI is InChI=1S/C20H23N3O3/c1-3-26-19-18(5-4-10-21-19)20(25)23-13-11-22(12-14-23)17-8-6-16(7-9-17)15(2)24/h4-10H,3,11-14H2,1-2H3. The van der Waals surface area contributed by atoms with Crippen LogP contribution in [-0.4, -0.2) is 54.4 Å². The summed E-state index contributed by atoms with van der Waals surface area (Å²) in [6.07, 6.45) is 1.63. The van der Waals surface area contributed by atoms with Gasteiger partial charge in [-0.3, -0.25) is 9.59 Å². The van der Waals surface area contributed by atoms with E-state index < -0.39 is 0 Å².